The Morgan fingerprint density at radius 1 is 0.824 bits per heavy atom. The third-order valence-corrected chi connectivity index (χ3v) is 9.84. The highest BCUT2D eigenvalue weighted by Crippen LogP contribution is 2.46. The van der Waals surface area contributed by atoms with Crippen LogP contribution in [-0.4, -0.2) is 18.0 Å². The lowest BCUT2D eigenvalue weighted by Crippen LogP contribution is -2.37. The van der Waals surface area contributed by atoms with Crippen LogP contribution in [0.2, 0.25) is 19.6 Å². The van der Waals surface area contributed by atoms with E-state index in [4.69, 9.17) is 0 Å². The van der Waals surface area contributed by atoms with Gasteiger partial charge in [0.15, 0.2) is 5.01 Å². The van der Waals surface area contributed by atoms with Crippen molar-refractivity contribution in [1.29, 1.82) is 0 Å². The zero-order valence-electron chi connectivity index (χ0n) is 18.0. The van der Waals surface area contributed by atoms with Gasteiger partial charge < -0.3 is 0 Å². The molecular weight excluding hydrogens is 510 g/mol. The monoisotopic (exact) mass is 526 g/mol. The molecule has 0 atom stereocenters. The molecule has 3 aromatic heterocycles. The highest BCUT2D eigenvalue weighted by atomic mass is 32.1. The van der Waals surface area contributed by atoms with E-state index in [0.29, 0.717) is 37.4 Å². The Morgan fingerprint density at radius 3 is 2.21 bits per heavy atom. The fraction of sp³-hybridized carbons (Fsp3) is 0.217. The first-order valence-corrected chi connectivity index (χ1v) is 15.3. The number of hydrogen-bond donors (Lipinski definition) is 0. The topological polar surface area (TPSA) is 25.8 Å². The molecule has 0 radical (unpaired) electrons. The highest BCUT2D eigenvalue weighted by molar-refractivity contribution is 7.26. The van der Waals surface area contributed by atoms with Gasteiger partial charge in [-0.15, -0.1) is 22.7 Å². The van der Waals surface area contributed by atoms with Gasteiger partial charge in [-0.3, -0.25) is 4.98 Å². The van der Waals surface area contributed by atoms with Crippen LogP contribution in [0.1, 0.15) is 10.6 Å². The molecule has 2 aromatic carbocycles. The molecule has 0 saturated heterocycles. The van der Waals surface area contributed by atoms with E-state index >= 15 is 0 Å². The van der Waals surface area contributed by atoms with Crippen molar-refractivity contribution in [3.8, 4) is 11.3 Å². The molecule has 0 unspecified atom stereocenters. The Labute approximate surface area is 198 Å². The molecule has 2 nitrogen and oxygen atoms in total. The number of alkyl halides is 6. The van der Waals surface area contributed by atoms with E-state index in [1.807, 2.05) is 12.1 Å². The molecule has 176 valence electrons. The summed E-state index contributed by atoms with van der Waals surface area (Å²) in [5.74, 6) is 0. The quantitative estimate of drug-likeness (QED) is 0.171. The van der Waals surface area contributed by atoms with Crippen LogP contribution in [-0.2, 0) is 12.4 Å². The number of pyridine rings is 1. The SMILES string of the molecule is C[Si](C)(C)c1ccc2c(c1)sc1c(-c3ccc4nc(C(F)(F)F)sc4c3)ncc(C(F)(F)F)c12. The van der Waals surface area contributed by atoms with E-state index in [1.165, 1.54) is 23.5 Å². The van der Waals surface area contributed by atoms with Crippen molar-refractivity contribution in [1.82, 2.24) is 9.97 Å². The van der Waals surface area contributed by atoms with E-state index < -0.39 is 31.0 Å². The standard InChI is InChI=1S/C23H16F6N2S2Si/c1-34(2,3)12-5-6-13-16(9-12)32-20-18(13)14(22(24,25)26)10-30-19(20)11-4-7-15-17(8-11)33-21(31-15)23(27,28)29/h4-10H,1-3H3. The fourth-order valence-electron chi connectivity index (χ4n) is 3.86. The zero-order chi connectivity index (χ0) is 24.6. The molecule has 0 fully saturated rings. The lowest BCUT2D eigenvalue weighted by Gasteiger charge is -2.16. The Bertz CT molecular complexity index is 1570. The summed E-state index contributed by atoms with van der Waals surface area (Å²) < 4.78 is 82.3. The van der Waals surface area contributed by atoms with Gasteiger partial charge in [0, 0.05) is 27.2 Å². The Balaban J connectivity index is 1.79. The van der Waals surface area contributed by atoms with E-state index in [-0.39, 0.29) is 10.9 Å². The van der Waals surface area contributed by atoms with Gasteiger partial charge in [0.1, 0.15) is 0 Å². The van der Waals surface area contributed by atoms with Crippen LogP contribution < -0.4 is 5.19 Å². The summed E-state index contributed by atoms with van der Waals surface area (Å²) in [5, 5.41) is 0.725. The van der Waals surface area contributed by atoms with Gasteiger partial charge in [0.2, 0.25) is 0 Å². The molecule has 5 rings (SSSR count). The maximum Gasteiger partial charge on any atom is 0.443 e. The second-order valence-corrected chi connectivity index (χ2v) is 16.1. The van der Waals surface area contributed by atoms with Crippen molar-refractivity contribution >= 4 is 66.3 Å². The van der Waals surface area contributed by atoms with Crippen molar-refractivity contribution in [2.45, 2.75) is 32.0 Å². The predicted molar refractivity (Wildman–Crippen MR) is 129 cm³/mol. The molecule has 0 aliphatic carbocycles. The number of benzene rings is 2. The van der Waals surface area contributed by atoms with E-state index in [9.17, 15) is 26.3 Å². The fourth-order valence-corrected chi connectivity index (χ4v) is 7.28. The first kappa shape index (κ1) is 23.2. The normalized spacial score (nSPS) is 13.4. The number of fused-ring (bicyclic) bond motifs is 4. The maximum atomic E-state index is 13.9. The largest absolute Gasteiger partial charge is 0.443 e. The molecule has 0 amide bonds. The molecule has 0 N–H and O–H groups in total. The summed E-state index contributed by atoms with van der Waals surface area (Å²) in [7, 11) is -1.70. The number of nitrogens with zero attached hydrogens (tertiary/aromatic N) is 2. The van der Waals surface area contributed by atoms with Gasteiger partial charge in [0.25, 0.3) is 0 Å². The van der Waals surface area contributed by atoms with Crippen LogP contribution in [0.3, 0.4) is 0 Å². The van der Waals surface area contributed by atoms with Crippen molar-refractivity contribution in [3.05, 3.63) is 53.2 Å². The zero-order valence-corrected chi connectivity index (χ0v) is 20.7. The smallest absolute Gasteiger partial charge is 0.254 e. The average Bonchev–Trinajstić information content (AvgIpc) is 3.32. The molecule has 0 aliphatic rings. The summed E-state index contributed by atoms with van der Waals surface area (Å²) in [4.78, 5) is 7.76. The summed E-state index contributed by atoms with van der Waals surface area (Å²) in [6.45, 7) is 6.49. The summed E-state index contributed by atoms with van der Waals surface area (Å²) in [6.07, 6.45) is -8.35. The van der Waals surface area contributed by atoms with Gasteiger partial charge in [-0.2, -0.15) is 26.3 Å². The van der Waals surface area contributed by atoms with E-state index in [2.05, 4.69) is 29.6 Å². The lowest BCUT2D eigenvalue weighted by atomic mass is 10.0. The summed E-state index contributed by atoms with van der Waals surface area (Å²) in [6, 6.07) is 10.1. The van der Waals surface area contributed by atoms with Crippen molar-refractivity contribution < 1.29 is 26.3 Å². The van der Waals surface area contributed by atoms with Gasteiger partial charge in [-0.25, -0.2) is 4.98 Å². The third-order valence-electron chi connectivity index (χ3n) is 5.57. The molecule has 0 spiro atoms. The van der Waals surface area contributed by atoms with Crippen LogP contribution in [0.5, 0.6) is 0 Å². The Kier molecular flexibility index (Phi) is 5.13. The van der Waals surface area contributed by atoms with Gasteiger partial charge in [-0.1, -0.05) is 43.0 Å². The molecule has 11 heteroatoms. The molecule has 0 saturated carbocycles. The summed E-state index contributed by atoms with van der Waals surface area (Å²) >= 11 is 1.73. The van der Waals surface area contributed by atoms with Gasteiger partial charge >= 0.3 is 12.4 Å². The maximum absolute atomic E-state index is 13.9. The minimum Gasteiger partial charge on any atom is -0.254 e. The van der Waals surface area contributed by atoms with Crippen molar-refractivity contribution in [2.24, 2.45) is 0 Å². The first-order valence-electron chi connectivity index (χ1n) is 10.1. The molecule has 0 bridgehead atoms. The van der Waals surface area contributed by atoms with Crippen LogP contribution in [0.25, 0.3) is 41.6 Å². The Hall–Kier alpha value is -2.50. The molecule has 0 aliphatic heterocycles. The van der Waals surface area contributed by atoms with Crippen LogP contribution in [0, 0.1) is 0 Å². The van der Waals surface area contributed by atoms with Gasteiger partial charge in [-0.05, 0) is 18.2 Å². The van der Waals surface area contributed by atoms with E-state index in [1.54, 1.807) is 12.1 Å². The van der Waals surface area contributed by atoms with Crippen molar-refractivity contribution in [2.75, 3.05) is 0 Å². The molecule has 5 aromatic rings. The highest BCUT2D eigenvalue weighted by Gasteiger charge is 2.36. The summed E-state index contributed by atoms with van der Waals surface area (Å²) in [5.41, 5.74) is 0.111. The number of thiazole rings is 1. The number of thiophene rings is 1. The first-order chi connectivity index (χ1) is 15.7. The number of hydrogen-bond acceptors (Lipinski definition) is 4. The van der Waals surface area contributed by atoms with Crippen molar-refractivity contribution in [3.63, 3.8) is 0 Å². The molecule has 34 heavy (non-hydrogen) atoms. The average molecular weight is 527 g/mol. The predicted octanol–water partition coefficient (Wildman–Crippen LogP) is 8.31. The Morgan fingerprint density at radius 2 is 1.56 bits per heavy atom. The minimum atomic E-state index is -4.60. The third kappa shape index (κ3) is 3.89. The number of aromatic nitrogens is 2. The van der Waals surface area contributed by atoms with E-state index in [0.717, 1.165) is 16.1 Å². The van der Waals surface area contributed by atoms with Gasteiger partial charge in [0.05, 0.1) is 34.2 Å². The second kappa shape index (κ2) is 7.50. The minimum absolute atomic E-state index is 0.0695. The van der Waals surface area contributed by atoms with Crippen LogP contribution in [0.15, 0.2) is 42.6 Å². The van der Waals surface area contributed by atoms with Crippen LogP contribution >= 0.6 is 22.7 Å². The number of rotatable bonds is 2. The van der Waals surface area contributed by atoms with Crippen LogP contribution in [0.4, 0.5) is 26.3 Å². The number of halogens is 6. The molecular formula is C23H16F6N2S2Si. The second-order valence-electron chi connectivity index (χ2n) is 8.98. The lowest BCUT2D eigenvalue weighted by molar-refractivity contribution is -0.137. The molecule has 3 heterocycles.